The van der Waals surface area contributed by atoms with Gasteiger partial charge < -0.3 is 20.2 Å². The molecule has 0 fully saturated rings. The van der Waals surface area contributed by atoms with Gasteiger partial charge in [0, 0.05) is 9.90 Å². The molecule has 1 atom stereocenters. The maximum absolute atomic E-state index is 12.7. The van der Waals surface area contributed by atoms with Gasteiger partial charge in [-0.2, -0.15) is 0 Å². The highest BCUT2D eigenvalue weighted by Crippen LogP contribution is 2.39. The van der Waals surface area contributed by atoms with Crippen LogP contribution in [-0.4, -0.2) is 27.3 Å². The van der Waals surface area contributed by atoms with E-state index in [4.69, 9.17) is 26.5 Å². The molecule has 3 N–H and O–H groups in total. The smallest absolute Gasteiger partial charge is 0.277 e. The van der Waals surface area contributed by atoms with Crippen molar-refractivity contribution in [2.24, 2.45) is 5.73 Å². The van der Waals surface area contributed by atoms with E-state index >= 15 is 0 Å². The van der Waals surface area contributed by atoms with Gasteiger partial charge in [0.25, 0.3) is 17.0 Å². The summed E-state index contributed by atoms with van der Waals surface area (Å²) in [6, 6.07) is 6.92. The largest absolute Gasteiger partial charge is 0.484 e. The number of primary amides is 1. The fourth-order valence-electron chi connectivity index (χ4n) is 3.19. The Morgan fingerprint density at radius 1 is 1.32 bits per heavy atom. The summed E-state index contributed by atoms with van der Waals surface area (Å²) in [5.74, 6) is 0.121. The van der Waals surface area contributed by atoms with Crippen LogP contribution in [0.4, 0.5) is 5.00 Å². The minimum Gasteiger partial charge on any atom is -0.484 e. The lowest BCUT2D eigenvalue weighted by Crippen LogP contribution is -2.24. The third kappa shape index (κ3) is 5.03. The van der Waals surface area contributed by atoms with Crippen molar-refractivity contribution >= 4 is 51.5 Å². The van der Waals surface area contributed by atoms with Gasteiger partial charge in [0.15, 0.2) is 6.61 Å². The van der Waals surface area contributed by atoms with Crippen molar-refractivity contribution < 1.29 is 18.7 Å². The number of carbonyl (C=O) groups excluding carboxylic acids is 2. The molecule has 8 nitrogen and oxygen atoms in total. The number of hydrogen-bond donors (Lipinski definition) is 2. The Kier molecular flexibility index (Phi) is 6.49. The van der Waals surface area contributed by atoms with Gasteiger partial charge in [0.2, 0.25) is 5.91 Å². The molecule has 0 bridgehead atoms. The molecule has 0 aliphatic heterocycles. The van der Waals surface area contributed by atoms with Crippen molar-refractivity contribution in [2.75, 3.05) is 5.32 Å². The van der Waals surface area contributed by atoms with Crippen LogP contribution in [0.5, 0.6) is 5.75 Å². The Bertz CT molecular complexity index is 1110. The molecule has 0 spiro atoms. The lowest BCUT2D eigenvalue weighted by atomic mass is 10.1. The highest BCUT2D eigenvalue weighted by molar-refractivity contribution is 8.00. The second-order valence-electron chi connectivity index (χ2n) is 6.88. The third-order valence-corrected chi connectivity index (χ3v) is 7.07. The zero-order chi connectivity index (χ0) is 22.0. The van der Waals surface area contributed by atoms with E-state index in [1.54, 1.807) is 31.2 Å². The molecule has 1 unspecified atom stereocenters. The Morgan fingerprint density at radius 3 is 2.84 bits per heavy atom. The zero-order valence-corrected chi connectivity index (χ0v) is 18.9. The number of benzene rings is 1. The minimum atomic E-state index is -0.525. The van der Waals surface area contributed by atoms with E-state index in [0.717, 1.165) is 41.5 Å². The number of aryl methyl sites for hydroxylation is 1. The first-order valence-corrected chi connectivity index (χ1v) is 11.6. The van der Waals surface area contributed by atoms with Gasteiger partial charge in [-0.25, -0.2) is 0 Å². The standard InChI is InChI=1S/C20H19ClN4O4S2/c1-10(18(27)23-19-16(17(22)26)13-3-2-4-14(13)31-19)30-20-25-24-15(29-20)9-28-12-7-5-11(21)6-8-12/h5-8,10H,2-4,9H2,1H3,(H2,22,26)(H,23,27). The number of nitrogens with zero attached hydrogens (tertiary/aromatic N) is 2. The number of amides is 2. The van der Waals surface area contributed by atoms with Gasteiger partial charge in [-0.3, -0.25) is 9.59 Å². The Labute approximate surface area is 191 Å². The summed E-state index contributed by atoms with van der Waals surface area (Å²) in [6.07, 6.45) is 2.72. The Hall–Kier alpha value is -2.56. The monoisotopic (exact) mass is 478 g/mol. The zero-order valence-electron chi connectivity index (χ0n) is 16.5. The maximum Gasteiger partial charge on any atom is 0.277 e. The molecular weight excluding hydrogens is 460 g/mol. The number of nitrogens with two attached hydrogens (primary N) is 1. The van der Waals surface area contributed by atoms with Crippen LogP contribution in [0.3, 0.4) is 0 Å². The summed E-state index contributed by atoms with van der Waals surface area (Å²) >= 11 is 8.39. The second-order valence-corrected chi connectivity index (χ2v) is 9.71. The number of aromatic nitrogens is 2. The molecule has 0 saturated heterocycles. The van der Waals surface area contributed by atoms with Gasteiger partial charge in [0.05, 0.1) is 10.8 Å². The first-order valence-electron chi connectivity index (χ1n) is 9.53. The Morgan fingerprint density at radius 2 is 2.10 bits per heavy atom. The molecule has 2 amide bonds. The molecule has 2 aromatic heterocycles. The van der Waals surface area contributed by atoms with Crippen molar-refractivity contribution in [1.82, 2.24) is 10.2 Å². The molecular formula is C20H19ClN4O4S2. The quantitative estimate of drug-likeness (QED) is 0.468. The highest BCUT2D eigenvalue weighted by atomic mass is 35.5. The van der Waals surface area contributed by atoms with Crippen molar-refractivity contribution in [3.63, 3.8) is 0 Å². The molecule has 1 aliphatic rings. The SMILES string of the molecule is CC(Sc1nnc(COc2ccc(Cl)cc2)o1)C(=O)Nc1sc2c(c1C(N)=O)CCC2. The van der Waals surface area contributed by atoms with Gasteiger partial charge in [0.1, 0.15) is 10.8 Å². The van der Waals surface area contributed by atoms with E-state index in [9.17, 15) is 9.59 Å². The number of fused-ring (bicyclic) bond motifs is 1. The molecule has 0 radical (unpaired) electrons. The predicted molar refractivity (Wildman–Crippen MR) is 119 cm³/mol. The van der Waals surface area contributed by atoms with Crippen molar-refractivity contribution in [1.29, 1.82) is 0 Å². The normalized spacial score (nSPS) is 13.6. The maximum atomic E-state index is 12.7. The minimum absolute atomic E-state index is 0.0957. The molecule has 162 valence electrons. The first-order chi connectivity index (χ1) is 14.9. The van der Waals surface area contributed by atoms with E-state index in [1.807, 2.05) is 0 Å². The van der Waals surface area contributed by atoms with Gasteiger partial charge in [-0.05, 0) is 56.0 Å². The van der Waals surface area contributed by atoms with Crippen LogP contribution in [0.25, 0.3) is 0 Å². The average molecular weight is 479 g/mol. The highest BCUT2D eigenvalue weighted by Gasteiger charge is 2.27. The van der Waals surface area contributed by atoms with Crippen LogP contribution >= 0.6 is 34.7 Å². The van der Waals surface area contributed by atoms with E-state index in [-0.39, 0.29) is 23.6 Å². The van der Waals surface area contributed by atoms with Crippen LogP contribution in [0.1, 0.15) is 40.0 Å². The van der Waals surface area contributed by atoms with Crippen LogP contribution in [0, 0.1) is 0 Å². The molecule has 4 rings (SSSR count). The fraction of sp³-hybridized carbons (Fsp3) is 0.300. The summed E-state index contributed by atoms with van der Waals surface area (Å²) in [5, 5.41) is 11.6. The predicted octanol–water partition coefficient (Wildman–Crippen LogP) is 4.07. The number of ether oxygens (including phenoxy) is 1. The first kappa shape index (κ1) is 21.7. The molecule has 3 aromatic rings. The van der Waals surface area contributed by atoms with Gasteiger partial charge >= 0.3 is 0 Å². The van der Waals surface area contributed by atoms with Crippen LogP contribution in [0.15, 0.2) is 33.9 Å². The number of rotatable bonds is 8. The van der Waals surface area contributed by atoms with E-state index < -0.39 is 11.2 Å². The number of nitrogens with one attached hydrogen (secondary N) is 1. The van der Waals surface area contributed by atoms with Crippen molar-refractivity contribution in [2.45, 2.75) is 43.3 Å². The van der Waals surface area contributed by atoms with Crippen molar-refractivity contribution in [3.05, 3.63) is 51.2 Å². The molecule has 2 heterocycles. The lowest BCUT2D eigenvalue weighted by Gasteiger charge is -2.10. The average Bonchev–Trinajstić information content (AvgIpc) is 3.43. The van der Waals surface area contributed by atoms with Crippen LogP contribution in [0.2, 0.25) is 5.02 Å². The third-order valence-electron chi connectivity index (χ3n) is 4.68. The number of thioether (sulfide) groups is 1. The number of carbonyl (C=O) groups is 2. The summed E-state index contributed by atoms with van der Waals surface area (Å²) in [4.78, 5) is 25.7. The second kappa shape index (κ2) is 9.29. The van der Waals surface area contributed by atoms with E-state index in [2.05, 4.69) is 15.5 Å². The topological polar surface area (TPSA) is 120 Å². The molecule has 1 aliphatic carbocycles. The van der Waals surface area contributed by atoms with E-state index in [0.29, 0.717) is 21.3 Å². The molecule has 1 aromatic carbocycles. The van der Waals surface area contributed by atoms with Crippen LogP contribution in [-0.2, 0) is 24.2 Å². The van der Waals surface area contributed by atoms with Crippen molar-refractivity contribution in [3.8, 4) is 5.75 Å². The number of hydrogen-bond acceptors (Lipinski definition) is 8. The number of thiophene rings is 1. The van der Waals surface area contributed by atoms with Gasteiger partial charge in [-0.1, -0.05) is 23.4 Å². The summed E-state index contributed by atoms with van der Waals surface area (Å²) in [5.41, 5.74) is 6.95. The lowest BCUT2D eigenvalue weighted by molar-refractivity contribution is -0.115. The van der Waals surface area contributed by atoms with Gasteiger partial charge in [-0.15, -0.1) is 21.5 Å². The molecule has 11 heteroatoms. The molecule has 31 heavy (non-hydrogen) atoms. The number of anilines is 1. The summed E-state index contributed by atoms with van der Waals surface area (Å²) in [7, 11) is 0. The number of halogens is 1. The van der Waals surface area contributed by atoms with Crippen LogP contribution < -0.4 is 15.8 Å². The fourth-order valence-corrected chi connectivity index (χ4v) is 5.32. The molecule has 0 saturated carbocycles. The Balaban J connectivity index is 1.34. The summed E-state index contributed by atoms with van der Waals surface area (Å²) in [6.45, 7) is 1.82. The summed E-state index contributed by atoms with van der Waals surface area (Å²) < 4.78 is 11.1. The van der Waals surface area contributed by atoms with E-state index in [1.165, 1.54) is 11.3 Å².